The zero-order chi connectivity index (χ0) is 23.2. The van der Waals surface area contributed by atoms with Crippen LogP contribution in [-0.4, -0.2) is 53.7 Å². The van der Waals surface area contributed by atoms with E-state index < -0.39 is 16.6 Å². The Bertz CT molecular complexity index is 485. The molecule has 0 aromatic carbocycles. The molecule has 30 heavy (non-hydrogen) atoms. The molecule has 0 aliphatic carbocycles. The van der Waals surface area contributed by atoms with Crippen molar-refractivity contribution in [3.8, 4) is 0 Å². The minimum Gasteiger partial charge on any atom is -0.409 e. The van der Waals surface area contributed by atoms with Crippen LogP contribution in [0.5, 0.6) is 0 Å². The number of carbonyl (C=O) groups is 2. The van der Waals surface area contributed by atoms with Gasteiger partial charge in [-0.25, -0.2) is 0 Å². The Kier molecular flexibility index (Phi) is 14.1. The molecule has 2 unspecified atom stereocenters. The van der Waals surface area contributed by atoms with Gasteiger partial charge in [0.05, 0.1) is 12.2 Å². The van der Waals surface area contributed by atoms with Gasteiger partial charge in [0, 0.05) is 13.1 Å². The minimum atomic E-state index is -1.97. The fourth-order valence-electron chi connectivity index (χ4n) is 3.69. The van der Waals surface area contributed by atoms with Gasteiger partial charge in [-0.05, 0) is 48.4 Å². The summed E-state index contributed by atoms with van der Waals surface area (Å²) in [5.41, 5.74) is 0. The fourth-order valence-corrected chi connectivity index (χ4v) is 9.44. The molecule has 0 fully saturated rings. The number of nitrogens with one attached hydrogen (secondary N) is 2. The summed E-state index contributed by atoms with van der Waals surface area (Å²) in [6, 6.07) is 5.97. The van der Waals surface area contributed by atoms with E-state index in [1.165, 1.54) is 12.2 Å². The van der Waals surface area contributed by atoms with E-state index in [0.717, 1.165) is 36.3 Å². The van der Waals surface area contributed by atoms with Gasteiger partial charge in [-0.15, -0.1) is 0 Å². The summed E-state index contributed by atoms with van der Waals surface area (Å²) < 4.78 is 13.6. The van der Waals surface area contributed by atoms with Crippen molar-refractivity contribution in [1.29, 1.82) is 0 Å². The predicted molar refractivity (Wildman–Crippen MR) is 131 cm³/mol. The first kappa shape index (κ1) is 28.8. The van der Waals surface area contributed by atoms with Gasteiger partial charge in [0.2, 0.25) is 11.8 Å². The maximum atomic E-state index is 11.9. The van der Waals surface area contributed by atoms with E-state index >= 15 is 0 Å². The van der Waals surface area contributed by atoms with E-state index in [9.17, 15) is 9.59 Å². The molecule has 0 radical (unpaired) electrons. The zero-order valence-electron chi connectivity index (χ0n) is 20.0. The second kappa shape index (κ2) is 14.7. The highest BCUT2D eigenvalue weighted by Gasteiger charge is 2.39. The van der Waals surface area contributed by atoms with Crippen molar-refractivity contribution in [2.24, 2.45) is 0 Å². The second-order valence-electron chi connectivity index (χ2n) is 7.70. The SMILES string of the molecule is C=CC(=O)NCC(O[Si](CC)(CC)CC)C(CNC(=O)C=C)O[Si](CC)(CC)CC. The third-order valence-corrected chi connectivity index (χ3v) is 15.7. The number of rotatable bonds is 17. The third kappa shape index (κ3) is 8.87. The summed E-state index contributed by atoms with van der Waals surface area (Å²) in [6.07, 6.45) is 1.86. The first-order chi connectivity index (χ1) is 14.2. The molecule has 0 aromatic heterocycles. The lowest BCUT2D eigenvalue weighted by Gasteiger charge is -2.41. The second-order valence-corrected chi connectivity index (χ2v) is 17.1. The molecule has 2 atom stereocenters. The van der Waals surface area contributed by atoms with Gasteiger partial charge in [0.1, 0.15) is 0 Å². The normalized spacial score (nSPS) is 13.9. The Morgan fingerprint density at radius 1 is 0.700 bits per heavy atom. The number of carbonyl (C=O) groups excluding carboxylic acids is 2. The maximum Gasteiger partial charge on any atom is 0.243 e. The molecule has 0 rings (SSSR count). The summed E-state index contributed by atoms with van der Waals surface area (Å²) >= 11 is 0. The summed E-state index contributed by atoms with van der Waals surface area (Å²) in [5.74, 6) is -0.474. The summed E-state index contributed by atoms with van der Waals surface area (Å²) in [4.78, 5) is 23.8. The maximum absolute atomic E-state index is 11.9. The smallest absolute Gasteiger partial charge is 0.243 e. The molecule has 2 amide bonds. The van der Waals surface area contributed by atoms with Crippen LogP contribution in [0.2, 0.25) is 36.3 Å². The molecular formula is C22H44N2O4Si2. The molecule has 0 spiro atoms. The molecule has 6 nitrogen and oxygen atoms in total. The average molecular weight is 457 g/mol. The lowest BCUT2D eigenvalue weighted by molar-refractivity contribution is -0.118. The largest absolute Gasteiger partial charge is 0.409 e. The van der Waals surface area contributed by atoms with Gasteiger partial charge in [-0.2, -0.15) is 0 Å². The van der Waals surface area contributed by atoms with Crippen LogP contribution >= 0.6 is 0 Å². The Balaban J connectivity index is 5.97. The van der Waals surface area contributed by atoms with Crippen molar-refractivity contribution >= 4 is 28.4 Å². The molecular weight excluding hydrogens is 412 g/mol. The Morgan fingerprint density at radius 2 is 0.967 bits per heavy atom. The fraction of sp³-hybridized carbons (Fsp3) is 0.727. The van der Waals surface area contributed by atoms with E-state index in [1.807, 2.05) is 0 Å². The van der Waals surface area contributed by atoms with Crippen molar-refractivity contribution in [3.63, 3.8) is 0 Å². The van der Waals surface area contributed by atoms with Gasteiger partial charge >= 0.3 is 0 Å². The van der Waals surface area contributed by atoms with Crippen molar-refractivity contribution in [2.45, 2.75) is 90.0 Å². The Morgan fingerprint density at radius 3 is 1.17 bits per heavy atom. The highest BCUT2D eigenvalue weighted by atomic mass is 28.4. The van der Waals surface area contributed by atoms with Gasteiger partial charge in [-0.3, -0.25) is 9.59 Å². The van der Waals surface area contributed by atoms with E-state index in [1.54, 1.807) is 0 Å². The van der Waals surface area contributed by atoms with E-state index in [2.05, 4.69) is 65.3 Å². The van der Waals surface area contributed by atoms with Gasteiger partial charge in [-0.1, -0.05) is 54.7 Å². The zero-order valence-corrected chi connectivity index (χ0v) is 22.0. The van der Waals surface area contributed by atoms with Crippen LogP contribution in [0.3, 0.4) is 0 Å². The molecule has 2 N–H and O–H groups in total. The molecule has 0 aliphatic heterocycles. The minimum absolute atomic E-state index is 0.237. The molecule has 0 saturated carbocycles. The summed E-state index contributed by atoms with van der Waals surface area (Å²) in [6.45, 7) is 20.8. The number of amides is 2. The van der Waals surface area contributed by atoms with Gasteiger partial charge in [0.25, 0.3) is 0 Å². The lowest BCUT2D eigenvalue weighted by Crippen LogP contribution is -2.56. The Hall–Kier alpha value is -1.23. The van der Waals surface area contributed by atoms with Crippen LogP contribution in [0.4, 0.5) is 0 Å². The molecule has 174 valence electrons. The van der Waals surface area contributed by atoms with Crippen LogP contribution in [0, 0.1) is 0 Å². The first-order valence-electron chi connectivity index (χ1n) is 11.4. The molecule has 0 heterocycles. The number of hydrogen-bond acceptors (Lipinski definition) is 4. The van der Waals surface area contributed by atoms with Crippen molar-refractivity contribution in [3.05, 3.63) is 25.3 Å². The third-order valence-electron chi connectivity index (χ3n) is 6.41. The molecule has 8 heteroatoms. The summed E-state index contributed by atoms with van der Waals surface area (Å²) in [5, 5.41) is 5.78. The molecule has 0 saturated heterocycles. The topological polar surface area (TPSA) is 76.7 Å². The summed E-state index contributed by atoms with van der Waals surface area (Å²) in [7, 11) is -3.94. The quantitative estimate of drug-likeness (QED) is 0.252. The number of hydrogen-bond donors (Lipinski definition) is 2. The van der Waals surface area contributed by atoms with E-state index in [4.69, 9.17) is 8.85 Å². The van der Waals surface area contributed by atoms with Crippen LogP contribution in [0.15, 0.2) is 25.3 Å². The van der Waals surface area contributed by atoms with Crippen LogP contribution < -0.4 is 10.6 Å². The average Bonchev–Trinajstić information content (AvgIpc) is 2.80. The van der Waals surface area contributed by atoms with Crippen molar-refractivity contribution < 1.29 is 18.4 Å². The molecule has 0 aliphatic rings. The van der Waals surface area contributed by atoms with Crippen molar-refractivity contribution in [1.82, 2.24) is 10.6 Å². The van der Waals surface area contributed by atoms with Gasteiger partial charge < -0.3 is 19.5 Å². The van der Waals surface area contributed by atoms with Crippen molar-refractivity contribution in [2.75, 3.05) is 13.1 Å². The van der Waals surface area contributed by atoms with Crippen LogP contribution in [-0.2, 0) is 18.4 Å². The highest BCUT2D eigenvalue weighted by Crippen LogP contribution is 2.28. The van der Waals surface area contributed by atoms with E-state index in [-0.39, 0.29) is 24.0 Å². The molecule has 0 aromatic rings. The van der Waals surface area contributed by atoms with Gasteiger partial charge in [0.15, 0.2) is 16.6 Å². The monoisotopic (exact) mass is 456 g/mol. The predicted octanol–water partition coefficient (Wildman–Crippen LogP) is 4.37. The van der Waals surface area contributed by atoms with E-state index in [0.29, 0.717) is 13.1 Å². The highest BCUT2D eigenvalue weighted by molar-refractivity contribution is 6.74. The first-order valence-corrected chi connectivity index (χ1v) is 16.5. The lowest BCUT2D eigenvalue weighted by atomic mass is 10.2. The standard InChI is InChI=1S/C22H44N2O4Si2/c1-9-21(25)23-17-19(27-29(11-3,12-4)13-5)20(18-24-22(26)10-2)28-30(14-6,15-7)16-8/h9-10,19-20H,1-2,11-18H2,3-8H3,(H,23,25)(H,24,26). The molecule has 0 bridgehead atoms. The Labute approximate surface area is 186 Å². The van der Waals surface area contributed by atoms with Crippen LogP contribution in [0.1, 0.15) is 41.5 Å². The van der Waals surface area contributed by atoms with Crippen LogP contribution in [0.25, 0.3) is 0 Å².